The molecule has 9 nitrogen and oxygen atoms in total. The lowest BCUT2D eigenvalue weighted by Gasteiger charge is -2.32. The number of carbonyl (C=O) groups excluding carboxylic acids is 1. The summed E-state index contributed by atoms with van der Waals surface area (Å²) in [4.78, 5) is 31.7. The molecule has 1 aliphatic carbocycles. The number of allylic oxidation sites excluding steroid dienone is 1. The quantitative estimate of drug-likeness (QED) is 0.324. The first-order valence-corrected chi connectivity index (χ1v) is 15.7. The van der Waals surface area contributed by atoms with Crippen molar-refractivity contribution in [2.24, 2.45) is 0 Å². The van der Waals surface area contributed by atoms with E-state index in [9.17, 15) is 9.90 Å². The number of hydrogen-bond acceptors (Lipinski definition) is 9. The van der Waals surface area contributed by atoms with Gasteiger partial charge in [0.25, 0.3) is 0 Å². The van der Waals surface area contributed by atoms with Gasteiger partial charge in [0.2, 0.25) is 0 Å². The number of benzene rings is 2. The van der Waals surface area contributed by atoms with Gasteiger partial charge < -0.3 is 24.4 Å². The lowest BCUT2D eigenvalue weighted by molar-refractivity contribution is -0.152. The Morgan fingerprint density at radius 3 is 1.84 bits per heavy atom. The number of rotatable bonds is 9. The summed E-state index contributed by atoms with van der Waals surface area (Å²) in [6.07, 6.45) is 8.24. The Morgan fingerprint density at radius 2 is 1.39 bits per heavy atom. The van der Waals surface area contributed by atoms with Gasteiger partial charge in [-0.1, -0.05) is 6.08 Å². The van der Waals surface area contributed by atoms with Crippen LogP contribution in [0.15, 0.2) is 72.5 Å². The van der Waals surface area contributed by atoms with Crippen molar-refractivity contribution in [1.82, 2.24) is 15.0 Å². The lowest BCUT2D eigenvalue weighted by Crippen LogP contribution is -2.38. The average Bonchev–Trinajstić information content (AvgIpc) is 3.79. The highest BCUT2D eigenvalue weighted by Gasteiger charge is 2.38. The van der Waals surface area contributed by atoms with Gasteiger partial charge in [0.05, 0.1) is 18.1 Å². The zero-order chi connectivity index (χ0) is 30.7. The van der Waals surface area contributed by atoms with E-state index in [4.69, 9.17) is 24.4 Å². The van der Waals surface area contributed by atoms with E-state index in [1.54, 1.807) is 26.0 Å². The van der Waals surface area contributed by atoms with Gasteiger partial charge in [-0.05, 0) is 107 Å². The number of aliphatic hydroxyl groups excluding tert-OH is 1. The second kappa shape index (κ2) is 12.8. The van der Waals surface area contributed by atoms with E-state index in [0.29, 0.717) is 23.2 Å². The van der Waals surface area contributed by atoms with Gasteiger partial charge in [-0.3, -0.25) is 0 Å². The Morgan fingerprint density at radius 1 is 0.886 bits per heavy atom. The molecule has 3 aromatic rings. The first-order valence-electron chi connectivity index (χ1n) is 15.7. The predicted octanol–water partition coefficient (Wildman–Crippen LogP) is 5.45. The molecule has 0 amide bonds. The van der Waals surface area contributed by atoms with Crippen LogP contribution in [0.3, 0.4) is 0 Å². The number of aromatic nitrogens is 3. The number of aliphatic hydroxyl groups is 1. The maximum atomic E-state index is 12.1. The number of anilines is 2. The molecule has 1 aromatic heterocycles. The highest BCUT2D eigenvalue weighted by Crippen LogP contribution is 2.35. The van der Waals surface area contributed by atoms with Crippen LogP contribution in [0.1, 0.15) is 52.3 Å². The minimum atomic E-state index is -1.00. The molecule has 0 saturated carbocycles. The summed E-state index contributed by atoms with van der Waals surface area (Å²) in [6, 6.07) is 16.8. The summed E-state index contributed by atoms with van der Waals surface area (Å²) in [5.74, 6) is 1.47. The SMILES string of the molecule is CCOC(=O)C(C)OC1=CC(O)C(C)(c2nc(-c3ccc(N4CCCC4)cc3)nc(-c3ccc(N4CCCC4)cc3)n2)C=C1. The van der Waals surface area contributed by atoms with Crippen LogP contribution >= 0.6 is 0 Å². The van der Waals surface area contributed by atoms with Crippen LogP contribution < -0.4 is 9.80 Å². The highest BCUT2D eigenvalue weighted by molar-refractivity contribution is 5.74. The molecule has 9 heteroatoms. The average molecular weight is 596 g/mol. The van der Waals surface area contributed by atoms with Gasteiger partial charge in [0.1, 0.15) is 11.6 Å². The minimum absolute atomic E-state index is 0.272. The zero-order valence-electron chi connectivity index (χ0n) is 25.8. The highest BCUT2D eigenvalue weighted by atomic mass is 16.6. The molecule has 0 radical (unpaired) electrons. The molecule has 3 atom stereocenters. The topological polar surface area (TPSA) is 101 Å². The Hall–Kier alpha value is -4.24. The third-order valence-electron chi connectivity index (χ3n) is 8.77. The van der Waals surface area contributed by atoms with E-state index < -0.39 is 23.6 Å². The third kappa shape index (κ3) is 6.19. The van der Waals surface area contributed by atoms with Crippen LogP contribution in [0.4, 0.5) is 11.4 Å². The minimum Gasteiger partial charge on any atom is -0.479 e. The monoisotopic (exact) mass is 595 g/mol. The zero-order valence-corrected chi connectivity index (χ0v) is 25.8. The van der Waals surface area contributed by atoms with Gasteiger partial charge in [-0.25, -0.2) is 19.7 Å². The molecule has 1 N–H and O–H groups in total. The van der Waals surface area contributed by atoms with E-state index >= 15 is 0 Å². The van der Waals surface area contributed by atoms with Gasteiger partial charge in [0, 0.05) is 48.7 Å². The van der Waals surface area contributed by atoms with E-state index in [0.717, 1.165) is 37.3 Å². The molecule has 230 valence electrons. The maximum absolute atomic E-state index is 12.1. The Labute approximate surface area is 259 Å². The van der Waals surface area contributed by atoms with Crippen molar-refractivity contribution in [2.45, 2.75) is 64.1 Å². The standard InChI is InChI=1S/C35H41N5O4/c1-4-43-33(42)24(2)44-29-17-18-35(3,30(41)23-29)34-37-31(25-9-13-27(14-10-25)39-19-5-6-20-39)36-32(38-34)26-11-15-28(16-12-26)40-21-7-8-22-40/h9-18,23-24,30,41H,4-8,19-22H2,1-3H3. The number of nitrogens with zero attached hydrogens (tertiary/aromatic N) is 5. The Bertz CT molecular complexity index is 1450. The van der Waals surface area contributed by atoms with E-state index in [1.807, 2.05) is 13.0 Å². The van der Waals surface area contributed by atoms with Crippen LogP contribution in [-0.4, -0.2) is 71.0 Å². The Kier molecular flexibility index (Phi) is 8.66. The number of ether oxygens (including phenoxy) is 2. The van der Waals surface area contributed by atoms with Crippen molar-refractivity contribution in [3.05, 3.63) is 78.3 Å². The molecule has 0 bridgehead atoms. The normalized spacial score (nSPS) is 22.2. The molecule has 3 unspecified atom stereocenters. The molecular weight excluding hydrogens is 554 g/mol. The molecule has 2 aliphatic heterocycles. The summed E-state index contributed by atoms with van der Waals surface area (Å²) in [7, 11) is 0. The van der Waals surface area contributed by atoms with Gasteiger partial charge >= 0.3 is 5.97 Å². The molecular formula is C35H41N5O4. The first kappa shape index (κ1) is 29.8. The molecule has 6 rings (SSSR count). The fraction of sp³-hybridized carbons (Fsp3) is 0.429. The molecule has 2 saturated heterocycles. The van der Waals surface area contributed by atoms with E-state index in [-0.39, 0.29) is 6.61 Å². The lowest BCUT2D eigenvalue weighted by atomic mass is 9.79. The molecule has 3 aliphatic rings. The van der Waals surface area contributed by atoms with Crippen molar-refractivity contribution >= 4 is 17.3 Å². The van der Waals surface area contributed by atoms with Crippen LogP contribution in [0.5, 0.6) is 0 Å². The number of carbonyl (C=O) groups is 1. The molecule has 44 heavy (non-hydrogen) atoms. The second-order valence-corrected chi connectivity index (χ2v) is 11.9. The third-order valence-corrected chi connectivity index (χ3v) is 8.77. The summed E-state index contributed by atoms with van der Waals surface area (Å²) in [5, 5.41) is 11.4. The van der Waals surface area contributed by atoms with Crippen molar-refractivity contribution in [3.8, 4) is 22.8 Å². The van der Waals surface area contributed by atoms with Crippen molar-refractivity contribution in [2.75, 3.05) is 42.6 Å². The second-order valence-electron chi connectivity index (χ2n) is 11.9. The van der Waals surface area contributed by atoms with Crippen LogP contribution in [0.25, 0.3) is 22.8 Å². The van der Waals surface area contributed by atoms with Crippen molar-refractivity contribution in [1.29, 1.82) is 0 Å². The predicted molar refractivity (Wildman–Crippen MR) is 171 cm³/mol. The van der Waals surface area contributed by atoms with Crippen LogP contribution in [-0.2, 0) is 19.7 Å². The summed E-state index contributed by atoms with van der Waals surface area (Å²) in [5.41, 5.74) is 3.20. The van der Waals surface area contributed by atoms with Crippen molar-refractivity contribution < 1.29 is 19.4 Å². The van der Waals surface area contributed by atoms with Crippen LogP contribution in [0.2, 0.25) is 0 Å². The fourth-order valence-corrected chi connectivity index (χ4v) is 6.00. The molecule has 2 fully saturated rings. The number of esters is 1. The summed E-state index contributed by atoms with van der Waals surface area (Å²) < 4.78 is 10.8. The fourth-order valence-electron chi connectivity index (χ4n) is 6.00. The molecule has 2 aromatic carbocycles. The van der Waals surface area contributed by atoms with Gasteiger partial charge in [-0.2, -0.15) is 0 Å². The maximum Gasteiger partial charge on any atom is 0.347 e. The van der Waals surface area contributed by atoms with Gasteiger partial charge in [-0.15, -0.1) is 0 Å². The van der Waals surface area contributed by atoms with Crippen LogP contribution in [0, 0.1) is 0 Å². The van der Waals surface area contributed by atoms with E-state index in [2.05, 4.69) is 58.3 Å². The van der Waals surface area contributed by atoms with E-state index in [1.165, 1.54) is 37.1 Å². The summed E-state index contributed by atoms with van der Waals surface area (Å²) in [6.45, 7) is 9.85. The molecule has 3 heterocycles. The smallest absolute Gasteiger partial charge is 0.347 e. The first-order chi connectivity index (χ1) is 21.3. The molecule has 0 spiro atoms. The largest absolute Gasteiger partial charge is 0.479 e. The number of hydrogen-bond donors (Lipinski definition) is 1. The van der Waals surface area contributed by atoms with Gasteiger partial charge in [0.15, 0.2) is 17.8 Å². The summed E-state index contributed by atoms with van der Waals surface area (Å²) >= 11 is 0. The Balaban J connectivity index is 1.33. The van der Waals surface area contributed by atoms with Crippen molar-refractivity contribution in [3.63, 3.8) is 0 Å².